The van der Waals surface area contributed by atoms with Gasteiger partial charge >= 0.3 is 0 Å². The number of aromatic nitrogens is 2. The van der Waals surface area contributed by atoms with E-state index in [1.54, 1.807) is 42.7 Å². The predicted molar refractivity (Wildman–Crippen MR) is 87.1 cm³/mol. The Morgan fingerprint density at radius 3 is 2.68 bits per heavy atom. The Balaban J connectivity index is 1.64. The van der Waals surface area contributed by atoms with Crippen LogP contribution in [-0.4, -0.2) is 29.0 Å². The average molecular weight is 317 g/mol. The summed E-state index contributed by atoms with van der Waals surface area (Å²) in [5.41, 5.74) is 0.766. The summed E-state index contributed by atoms with van der Waals surface area (Å²) in [5.74, 6) is 0.655. The molecular formula is C16H17ClN4O. The number of piperidine rings is 1. The first-order chi connectivity index (χ1) is 10.7. The second kappa shape index (κ2) is 6.75. The van der Waals surface area contributed by atoms with Gasteiger partial charge in [0.25, 0.3) is 0 Å². The molecule has 0 radical (unpaired) electrons. The third-order valence-electron chi connectivity index (χ3n) is 3.74. The highest BCUT2D eigenvalue weighted by Gasteiger charge is 2.27. The number of nitrogens with zero attached hydrogens (tertiary/aromatic N) is 3. The summed E-state index contributed by atoms with van der Waals surface area (Å²) in [6.45, 7) is 1.53. The van der Waals surface area contributed by atoms with Crippen molar-refractivity contribution in [2.45, 2.75) is 12.8 Å². The van der Waals surface area contributed by atoms with Crippen LogP contribution in [-0.2, 0) is 4.79 Å². The van der Waals surface area contributed by atoms with E-state index in [0.717, 1.165) is 25.1 Å². The molecule has 0 spiro atoms. The first kappa shape index (κ1) is 14.8. The highest BCUT2D eigenvalue weighted by molar-refractivity contribution is 6.30. The molecule has 1 amide bonds. The number of rotatable bonds is 3. The second-order valence-electron chi connectivity index (χ2n) is 5.33. The van der Waals surface area contributed by atoms with Gasteiger partial charge in [-0.3, -0.25) is 4.79 Å². The van der Waals surface area contributed by atoms with Gasteiger partial charge in [-0.1, -0.05) is 11.6 Å². The molecule has 1 aromatic carbocycles. The van der Waals surface area contributed by atoms with Crippen LogP contribution in [0.4, 0.5) is 11.6 Å². The maximum Gasteiger partial charge on any atom is 0.229 e. The number of nitrogens with one attached hydrogen (secondary N) is 1. The molecule has 6 heteroatoms. The van der Waals surface area contributed by atoms with Crippen molar-refractivity contribution in [3.05, 3.63) is 47.7 Å². The van der Waals surface area contributed by atoms with E-state index < -0.39 is 0 Å². The molecule has 0 unspecified atom stereocenters. The van der Waals surface area contributed by atoms with Crippen molar-refractivity contribution in [1.82, 2.24) is 9.97 Å². The summed E-state index contributed by atoms with van der Waals surface area (Å²) in [4.78, 5) is 23.0. The fourth-order valence-electron chi connectivity index (χ4n) is 2.60. The summed E-state index contributed by atoms with van der Waals surface area (Å²) < 4.78 is 0. The first-order valence-corrected chi connectivity index (χ1v) is 7.68. The number of hydrogen-bond donors (Lipinski definition) is 1. The van der Waals surface area contributed by atoms with Crippen molar-refractivity contribution in [2.24, 2.45) is 5.92 Å². The lowest BCUT2D eigenvalue weighted by Gasteiger charge is -2.31. The van der Waals surface area contributed by atoms with Crippen LogP contribution in [0.1, 0.15) is 12.8 Å². The van der Waals surface area contributed by atoms with E-state index in [2.05, 4.69) is 20.2 Å². The molecule has 1 saturated heterocycles. The zero-order valence-corrected chi connectivity index (χ0v) is 12.8. The molecule has 0 aliphatic carbocycles. The molecule has 5 nitrogen and oxygen atoms in total. The Hall–Kier alpha value is -2.14. The minimum atomic E-state index is -0.0618. The molecule has 0 saturated carbocycles. The molecule has 22 heavy (non-hydrogen) atoms. The minimum absolute atomic E-state index is 0.0305. The smallest absolute Gasteiger partial charge is 0.229 e. The molecule has 1 aliphatic heterocycles. The van der Waals surface area contributed by atoms with Crippen LogP contribution >= 0.6 is 11.6 Å². The quantitative estimate of drug-likeness (QED) is 0.945. The number of anilines is 2. The lowest BCUT2D eigenvalue weighted by Crippen LogP contribution is -2.41. The van der Waals surface area contributed by atoms with Gasteiger partial charge in [0.1, 0.15) is 0 Å². The average Bonchev–Trinajstić information content (AvgIpc) is 2.58. The molecular weight excluding hydrogens is 300 g/mol. The topological polar surface area (TPSA) is 58.1 Å². The molecule has 0 bridgehead atoms. The van der Waals surface area contributed by atoms with Crippen molar-refractivity contribution >= 4 is 29.1 Å². The number of carbonyl (C=O) groups excluding carboxylic acids is 1. The van der Waals surface area contributed by atoms with E-state index in [9.17, 15) is 4.79 Å². The largest absolute Gasteiger partial charge is 0.340 e. The Kier molecular flexibility index (Phi) is 4.53. The van der Waals surface area contributed by atoms with Crippen LogP contribution in [0.3, 0.4) is 0 Å². The van der Waals surface area contributed by atoms with Gasteiger partial charge in [-0.25, -0.2) is 9.97 Å². The summed E-state index contributed by atoms with van der Waals surface area (Å²) in [5, 5.41) is 3.60. The minimum Gasteiger partial charge on any atom is -0.340 e. The fourth-order valence-corrected chi connectivity index (χ4v) is 2.73. The molecule has 1 aliphatic rings. The van der Waals surface area contributed by atoms with Crippen LogP contribution in [0.25, 0.3) is 0 Å². The van der Waals surface area contributed by atoms with Gasteiger partial charge in [0, 0.05) is 36.2 Å². The maximum atomic E-state index is 12.4. The standard InChI is InChI=1S/C16H17ClN4O/c17-13-4-6-14(7-5-13)20-15(22)12-3-1-10-21(11-12)16-18-8-2-9-19-16/h2,4-9,12H,1,3,10-11H2,(H,20,22)/t12-/m0/s1. The molecule has 114 valence electrons. The molecule has 3 rings (SSSR count). The van der Waals surface area contributed by atoms with E-state index in [0.29, 0.717) is 17.5 Å². The highest BCUT2D eigenvalue weighted by Crippen LogP contribution is 2.22. The van der Waals surface area contributed by atoms with Gasteiger partial charge in [0.15, 0.2) is 0 Å². The highest BCUT2D eigenvalue weighted by atomic mass is 35.5. The maximum absolute atomic E-state index is 12.4. The Labute approximate surface area is 134 Å². The number of carbonyl (C=O) groups is 1. The van der Waals surface area contributed by atoms with Gasteiger partial charge in [-0.2, -0.15) is 0 Å². The second-order valence-corrected chi connectivity index (χ2v) is 5.77. The summed E-state index contributed by atoms with van der Waals surface area (Å²) in [6, 6.07) is 8.94. The Bertz CT molecular complexity index is 632. The zero-order valence-electron chi connectivity index (χ0n) is 12.1. The fraction of sp³-hybridized carbons (Fsp3) is 0.312. The number of benzene rings is 1. The van der Waals surface area contributed by atoms with Gasteiger partial charge in [0.2, 0.25) is 11.9 Å². The number of hydrogen-bond acceptors (Lipinski definition) is 4. The monoisotopic (exact) mass is 316 g/mol. The van der Waals surface area contributed by atoms with Crippen LogP contribution in [0.5, 0.6) is 0 Å². The molecule has 2 heterocycles. The van der Waals surface area contributed by atoms with Crippen LogP contribution < -0.4 is 10.2 Å². The summed E-state index contributed by atoms with van der Waals surface area (Å²) >= 11 is 5.85. The van der Waals surface area contributed by atoms with E-state index in [1.165, 1.54) is 0 Å². The van der Waals surface area contributed by atoms with Crippen molar-refractivity contribution in [2.75, 3.05) is 23.3 Å². The van der Waals surface area contributed by atoms with Crippen LogP contribution in [0.15, 0.2) is 42.7 Å². The van der Waals surface area contributed by atoms with Crippen molar-refractivity contribution < 1.29 is 4.79 Å². The van der Waals surface area contributed by atoms with E-state index in [-0.39, 0.29) is 11.8 Å². The van der Waals surface area contributed by atoms with Gasteiger partial charge in [-0.15, -0.1) is 0 Å². The van der Waals surface area contributed by atoms with E-state index >= 15 is 0 Å². The van der Waals surface area contributed by atoms with Crippen LogP contribution in [0.2, 0.25) is 5.02 Å². The van der Waals surface area contributed by atoms with Crippen molar-refractivity contribution in [3.8, 4) is 0 Å². The first-order valence-electron chi connectivity index (χ1n) is 7.31. The molecule has 1 atom stereocenters. The zero-order chi connectivity index (χ0) is 15.4. The summed E-state index contributed by atoms with van der Waals surface area (Å²) in [7, 11) is 0. The summed E-state index contributed by atoms with van der Waals surface area (Å²) in [6.07, 6.45) is 5.28. The molecule has 2 aromatic rings. The van der Waals surface area contributed by atoms with Crippen LogP contribution in [0, 0.1) is 5.92 Å². The molecule has 1 N–H and O–H groups in total. The third kappa shape index (κ3) is 3.54. The van der Waals surface area contributed by atoms with Gasteiger partial charge in [0.05, 0.1) is 5.92 Å². The van der Waals surface area contributed by atoms with Gasteiger partial charge in [-0.05, 0) is 43.2 Å². The molecule has 1 fully saturated rings. The lowest BCUT2D eigenvalue weighted by atomic mass is 9.97. The van der Waals surface area contributed by atoms with Gasteiger partial charge < -0.3 is 10.2 Å². The lowest BCUT2D eigenvalue weighted by molar-refractivity contribution is -0.120. The molecule has 1 aromatic heterocycles. The van der Waals surface area contributed by atoms with E-state index in [4.69, 9.17) is 11.6 Å². The number of amides is 1. The number of halogens is 1. The van der Waals surface area contributed by atoms with Crippen molar-refractivity contribution in [1.29, 1.82) is 0 Å². The predicted octanol–water partition coefficient (Wildman–Crippen LogP) is 2.99. The van der Waals surface area contributed by atoms with Crippen molar-refractivity contribution in [3.63, 3.8) is 0 Å². The SMILES string of the molecule is O=C(Nc1ccc(Cl)cc1)[C@H]1CCCN(c2ncccn2)C1. The third-order valence-corrected chi connectivity index (χ3v) is 3.99. The normalized spacial score (nSPS) is 18.0. The Morgan fingerprint density at radius 2 is 1.95 bits per heavy atom. The Morgan fingerprint density at radius 1 is 1.23 bits per heavy atom. The van der Waals surface area contributed by atoms with E-state index in [1.807, 2.05) is 0 Å².